The molecule has 2 aromatic carbocycles. The topological polar surface area (TPSA) is 92.8 Å². The van der Waals surface area contributed by atoms with Gasteiger partial charge in [0.15, 0.2) is 17.7 Å². The first-order chi connectivity index (χ1) is 15.1. The molecule has 1 atom stereocenters. The zero-order valence-electron chi connectivity index (χ0n) is 17.7. The fraction of sp³-hybridized carbons (Fsp3) is 0.364. The second-order valence-electron chi connectivity index (χ2n) is 7.69. The van der Waals surface area contributed by atoms with E-state index >= 15 is 0 Å². The summed E-state index contributed by atoms with van der Waals surface area (Å²) in [5.41, 5.74) is 1.56. The average Bonchev–Trinajstić information content (AvgIpc) is 2.75. The highest BCUT2D eigenvalue weighted by Gasteiger charge is 2.34. The number of carbonyl (C=O) groups excluding carboxylic acids is 2. The number of piperidine rings is 1. The maximum atomic E-state index is 13.4. The molecular formula is C22H24F2N2O5S. The van der Waals surface area contributed by atoms with Crippen LogP contribution in [0.15, 0.2) is 47.4 Å². The molecule has 0 spiro atoms. The zero-order chi connectivity index (χ0) is 23.5. The van der Waals surface area contributed by atoms with Crippen molar-refractivity contribution in [1.29, 1.82) is 0 Å². The van der Waals surface area contributed by atoms with Crippen LogP contribution in [0.25, 0.3) is 0 Å². The fourth-order valence-corrected chi connectivity index (χ4v) is 4.89. The Morgan fingerprint density at radius 3 is 2.41 bits per heavy atom. The van der Waals surface area contributed by atoms with E-state index in [0.29, 0.717) is 11.8 Å². The number of benzene rings is 2. The molecule has 0 radical (unpaired) electrons. The first-order valence-electron chi connectivity index (χ1n) is 10.1. The van der Waals surface area contributed by atoms with Crippen molar-refractivity contribution in [1.82, 2.24) is 4.31 Å². The van der Waals surface area contributed by atoms with Crippen molar-refractivity contribution in [3.63, 3.8) is 0 Å². The Labute approximate surface area is 185 Å². The van der Waals surface area contributed by atoms with Gasteiger partial charge >= 0.3 is 5.97 Å². The minimum Gasteiger partial charge on any atom is -0.452 e. The van der Waals surface area contributed by atoms with Gasteiger partial charge < -0.3 is 10.1 Å². The van der Waals surface area contributed by atoms with E-state index in [1.807, 2.05) is 13.0 Å². The van der Waals surface area contributed by atoms with Gasteiger partial charge in [0.05, 0.1) is 10.8 Å². The first kappa shape index (κ1) is 23.8. The Bertz CT molecular complexity index is 1120. The summed E-state index contributed by atoms with van der Waals surface area (Å²) in [6.45, 7) is 3.39. The Kier molecular flexibility index (Phi) is 7.25. The van der Waals surface area contributed by atoms with Crippen molar-refractivity contribution in [2.45, 2.75) is 37.7 Å². The maximum Gasteiger partial charge on any atom is 0.309 e. The molecule has 0 bridgehead atoms. The zero-order valence-corrected chi connectivity index (χ0v) is 18.5. The van der Waals surface area contributed by atoms with Crippen molar-refractivity contribution >= 4 is 27.6 Å². The molecule has 0 saturated carbocycles. The lowest BCUT2D eigenvalue weighted by atomic mass is 9.98. The number of halogens is 2. The van der Waals surface area contributed by atoms with Crippen LogP contribution in [0, 0.1) is 24.5 Å². The van der Waals surface area contributed by atoms with Gasteiger partial charge in [0.1, 0.15) is 0 Å². The van der Waals surface area contributed by atoms with E-state index in [0.717, 1.165) is 22.0 Å². The molecule has 0 aromatic heterocycles. The molecule has 1 saturated heterocycles. The summed E-state index contributed by atoms with van der Waals surface area (Å²) >= 11 is 0. The number of nitrogens with zero attached hydrogens (tertiary/aromatic N) is 1. The number of rotatable bonds is 6. The molecule has 1 unspecified atom stereocenters. The van der Waals surface area contributed by atoms with Crippen LogP contribution in [0.1, 0.15) is 25.3 Å². The van der Waals surface area contributed by atoms with Crippen LogP contribution in [0.2, 0.25) is 0 Å². The Hall–Kier alpha value is -2.85. The fourth-order valence-electron chi connectivity index (χ4n) is 3.41. The monoisotopic (exact) mass is 466 g/mol. The number of carbonyl (C=O) groups is 2. The lowest BCUT2D eigenvalue weighted by Gasteiger charge is -2.30. The van der Waals surface area contributed by atoms with Crippen molar-refractivity contribution < 1.29 is 31.5 Å². The van der Waals surface area contributed by atoms with Crippen LogP contribution in [0.3, 0.4) is 0 Å². The minimum absolute atomic E-state index is 0.0188. The number of esters is 1. The summed E-state index contributed by atoms with van der Waals surface area (Å²) < 4.78 is 58.3. The number of anilines is 1. The molecule has 172 valence electrons. The quantitative estimate of drug-likeness (QED) is 0.660. The summed E-state index contributed by atoms with van der Waals surface area (Å²) in [6, 6.07) is 9.60. The number of hydrogen-bond donors (Lipinski definition) is 1. The molecule has 1 aliphatic rings. The summed E-state index contributed by atoms with van der Waals surface area (Å²) in [5, 5.41) is 2.68. The largest absolute Gasteiger partial charge is 0.452 e. The van der Waals surface area contributed by atoms with Gasteiger partial charge in [0.2, 0.25) is 10.0 Å². The number of hydrogen-bond acceptors (Lipinski definition) is 5. The highest BCUT2D eigenvalue weighted by Crippen LogP contribution is 2.26. The van der Waals surface area contributed by atoms with Crippen LogP contribution in [0.5, 0.6) is 0 Å². The Morgan fingerprint density at radius 1 is 1.09 bits per heavy atom. The minimum atomic E-state index is -4.01. The average molecular weight is 467 g/mol. The number of amides is 1. The van der Waals surface area contributed by atoms with Crippen LogP contribution in [-0.2, 0) is 24.3 Å². The number of nitrogens with one attached hydrogen (secondary N) is 1. The molecule has 10 heteroatoms. The third kappa shape index (κ3) is 5.49. The van der Waals surface area contributed by atoms with Gasteiger partial charge in [0.25, 0.3) is 5.91 Å². The van der Waals surface area contributed by atoms with E-state index in [2.05, 4.69) is 5.32 Å². The highest BCUT2D eigenvalue weighted by molar-refractivity contribution is 7.89. The molecule has 0 aliphatic carbocycles. The lowest BCUT2D eigenvalue weighted by Crippen LogP contribution is -2.41. The standard InChI is InChI=1S/C22H24F2N2O5S/c1-14-4-3-5-17(12-14)25-21(27)15(2)31-22(28)16-8-10-26(11-9-16)32(29,30)18-6-7-19(23)20(24)13-18/h3-7,12-13,15-16H,8-11H2,1-2H3,(H,25,27). The van der Waals surface area contributed by atoms with E-state index < -0.39 is 45.6 Å². The third-order valence-corrected chi connectivity index (χ3v) is 7.16. The first-order valence-corrected chi connectivity index (χ1v) is 11.5. The second kappa shape index (κ2) is 9.74. The summed E-state index contributed by atoms with van der Waals surface area (Å²) in [6.07, 6.45) is -0.644. The van der Waals surface area contributed by atoms with Crippen molar-refractivity contribution in [2.24, 2.45) is 5.92 Å². The van der Waals surface area contributed by atoms with E-state index in [9.17, 15) is 26.8 Å². The smallest absolute Gasteiger partial charge is 0.309 e. The lowest BCUT2D eigenvalue weighted by molar-refractivity contribution is -0.158. The molecular weight excluding hydrogens is 442 g/mol. The van der Waals surface area contributed by atoms with Gasteiger partial charge in [-0.15, -0.1) is 0 Å². The third-order valence-electron chi connectivity index (χ3n) is 5.26. The maximum absolute atomic E-state index is 13.4. The Morgan fingerprint density at radius 2 is 1.78 bits per heavy atom. The molecule has 7 nitrogen and oxygen atoms in total. The van der Waals surface area contributed by atoms with Gasteiger partial charge in [-0.3, -0.25) is 9.59 Å². The molecule has 1 fully saturated rings. The predicted molar refractivity (Wildman–Crippen MR) is 113 cm³/mol. The highest BCUT2D eigenvalue weighted by atomic mass is 32.2. The SMILES string of the molecule is Cc1cccc(NC(=O)C(C)OC(=O)C2CCN(S(=O)(=O)c3ccc(F)c(F)c3)CC2)c1. The molecule has 1 amide bonds. The van der Waals surface area contributed by atoms with Crippen molar-refractivity contribution in [3.05, 3.63) is 59.7 Å². The van der Waals surface area contributed by atoms with Gasteiger partial charge in [-0.2, -0.15) is 4.31 Å². The number of sulfonamides is 1. The van der Waals surface area contributed by atoms with E-state index in [1.165, 1.54) is 6.92 Å². The second-order valence-corrected chi connectivity index (χ2v) is 9.63. The van der Waals surface area contributed by atoms with Crippen LogP contribution in [0.4, 0.5) is 14.5 Å². The van der Waals surface area contributed by atoms with E-state index in [-0.39, 0.29) is 30.8 Å². The van der Waals surface area contributed by atoms with Gasteiger partial charge in [-0.1, -0.05) is 12.1 Å². The van der Waals surface area contributed by atoms with E-state index in [1.54, 1.807) is 18.2 Å². The predicted octanol–water partition coefficient (Wildman–Crippen LogP) is 3.24. The van der Waals surface area contributed by atoms with Gasteiger partial charge in [0, 0.05) is 18.8 Å². The molecule has 1 aliphatic heterocycles. The van der Waals surface area contributed by atoms with Crippen LogP contribution in [-0.4, -0.2) is 43.8 Å². The molecule has 3 rings (SSSR count). The molecule has 2 aromatic rings. The molecule has 1 heterocycles. The van der Waals surface area contributed by atoms with Gasteiger partial charge in [-0.05, 0) is 62.6 Å². The molecule has 1 N–H and O–H groups in total. The summed E-state index contributed by atoms with van der Waals surface area (Å²) in [4.78, 5) is 24.4. The number of ether oxygens (including phenoxy) is 1. The Balaban J connectivity index is 1.54. The van der Waals surface area contributed by atoms with E-state index in [4.69, 9.17) is 4.74 Å². The number of aryl methyl sites for hydroxylation is 1. The summed E-state index contributed by atoms with van der Waals surface area (Å²) in [5.74, 6) is -4.00. The van der Waals surface area contributed by atoms with Crippen LogP contribution < -0.4 is 5.32 Å². The molecule has 32 heavy (non-hydrogen) atoms. The van der Waals surface area contributed by atoms with Crippen molar-refractivity contribution in [2.75, 3.05) is 18.4 Å². The summed E-state index contributed by atoms with van der Waals surface area (Å²) in [7, 11) is -4.01. The van der Waals surface area contributed by atoms with Gasteiger partial charge in [-0.25, -0.2) is 17.2 Å². The van der Waals surface area contributed by atoms with Crippen molar-refractivity contribution in [3.8, 4) is 0 Å². The van der Waals surface area contributed by atoms with Crippen LogP contribution >= 0.6 is 0 Å². The normalized spacial score (nSPS) is 16.4.